The van der Waals surface area contributed by atoms with E-state index in [-0.39, 0.29) is 40.6 Å². The first-order valence-electron chi connectivity index (χ1n) is 12.6. The summed E-state index contributed by atoms with van der Waals surface area (Å²) in [5, 5.41) is 2.36. The van der Waals surface area contributed by atoms with Crippen molar-refractivity contribution in [2.24, 2.45) is 0 Å². The summed E-state index contributed by atoms with van der Waals surface area (Å²) >= 11 is 0. The van der Waals surface area contributed by atoms with E-state index in [9.17, 15) is 18.4 Å². The van der Waals surface area contributed by atoms with E-state index < -0.39 is 18.1 Å². The first-order valence-corrected chi connectivity index (χ1v) is 12.6. The lowest BCUT2D eigenvalue weighted by Crippen LogP contribution is -2.41. The fraction of sp³-hybridized carbons (Fsp3) is 0.296. The summed E-state index contributed by atoms with van der Waals surface area (Å²) in [6, 6.07) is 6.45. The van der Waals surface area contributed by atoms with Crippen LogP contribution in [0.15, 0.2) is 48.9 Å². The number of nitrogens with one attached hydrogen (secondary N) is 1. The molecule has 1 aromatic carbocycles. The summed E-state index contributed by atoms with van der Waals surface area (Å²) in [6.45, 7) is 0.554. The number of carbonyl (C=O) groups excluding carboxylic acids is 2. The highest BCUT2D eigenvalue weighted by Gasteiger charge is 2.38. The Hall–Kier alpha value is -4.48. The SMILES string of the molecule is Nc1nccn2c(C3CCC4CCC(=O)N4C3)nc(-c3ccc(C(=O)Nc4cc(C(F)F)ccn4)c(F)c3)c12. The predicted octanol–water partition coefficient (Wildman–Crippen LogP) is 4.57. The van der Waals surface area contributed by atoms with Crippen molar-refractivity contribution >= 4 is 29.0 Å². The maximum absolute atomic E-state index is 15.2. The average molecular weight is 536 g/mol. The number of anilines is 2. The minimum atomic E-state index is -2.73. The number of piperidine rings is 1. The summed E-state index contributed by atoms with van der Waals surface area (Å²) in [5.41, 5.74) is 6.92. The van der Waals surface area contributed by atoms with E-state index in [1.54, 1.807) is 18.5 Å². The van der Waals surface area contributed by atoms with Crippen LogP contribution in [0.3, 0.4) is 0 Å². The number of imidazole rings is 1. The molecule has 5 heterocycles. The minimum absolute atomic E-state index is 0.0299. The number of carbonyl (C=O) groups is 2. The summed E-state index contributed by atoms with van der Waals surface area (Å²) < 4.78 is 43.0. The van der Waals surface area contributed by atoms with Gasteiger partial charge in [0.15, 0.2) is 0 Å². The average Bonchev–Trinajstić information content (AvgIpc) is 3.50. The third kappa shape index (κ3) is 4.45. The topological polar surface area (TPSA) is 119 Å². The van der Waals surface area contributed by atoms with Crippen molar-refractivity contribution < 1.29 is 22.8 Å². The van der Waals surface area contributed by atoms with Gasteiger partial charge in [0, 0.05) is 54.6 Å². The van der Waals surface area contributed by atoms with Crippen molar-refractivity contribution in [3.63, 3.8) is 0 Å². The van der Waals surface area contributed by atoms with E-state index in [1.165, 1.54) is 12.1 Å². The summed E-state index contributed by atoms with van der Waals surface area (Å²) in [4.78, 5) is 39.9. The van der Waals surface area contributed by atoms with Crippen LogP contribution in [-0.2, 0) is 4.79 Å². The van der Waals surface area contributed by atoms with Crippen LogP contribution in [-0.4, -0.2) is 48.7 Å². The third-order valence-electron chi connectivity index (χ3n) is 7.46. The number of nitrogens with two attached hydrogens (primary N) is 1. The fourth-order valence-corrected chi connectivity index (χ4v) is 5.53. The number of nitrogens with zero attached hydrogens (tertiary/aromatic N) is 5. The maximum atomic E-state index is 15.2. The smallest absolute Gasteiger partial charge is 0.264 e. The number of hydrogen-bond donors (Lipinski definition) is 2. The Labute approximate surface area is 220 Å². The molecule has 2 aliphatic heterocycles. The number of rotatable bonds is 5. The van der Waals surface area contributed by atoms with Crippen LogP contribution >= 0.6 is 0 Å². The number of amides is 2. The lowest BCUT2D eigenvalue weighted by molar-refractivity contribution is -0.130. The molecule has 2 aliphatic rings. The second kappa shape index (κ2) is 9.68. The standard InChI is InChI=1S/C27H24F3N7O2/c28-19-11-14(2-5-18(19)27(39)34-20-12-15(24(29)30)7-8-32-20)22-23-25(31)33-9-10-36(23)26(35-22)16-1-3-17-4-6-21(38)37(17)13-16/h2,5,7-12,16-17,24H,1,3-4,6,13H2,(H2,31,33)(H,32,34,39). The molecule has 2 fully saturated rings. The van der Waals surface area contributed by atoms with Gasteiger partial charge in [-0.25, -0.2) is 28.1 Å². The van der Waals surface area contributed by atoms with Gasteiger partial charge < -0.3 is 16.0 Å². The number of nitrogen functional groups attached to an aromatic ring is 1. The van der Waals surface area contributed by atoms with Crippen LogP contribution < -0.4 is 11.1 Å². The van der Waals surface area contributed by atoms with Gasteiger partial charge in [-0.3, -0.25) is 14.0 Å². The summed E-state index contributed by atoms with van der Waals surface area (Å²) in [5.74, 6) is -0.735. The highest BCUT2D eigenvalue weighted by molar-refractivity contribution is 6.04. The lowest BCUT2D eigenvalue weighted by Gasteiger charge is -2.34. The molecule has 3 N–H and O–H groups in total. The Morgan fingerprint density at radius 3 is 2.74 bits per heavy atom. The first kappa shape index (κ1) is 24.8. The van der Waals surface area contributed by atoms with Crippen molar-refractivity contribution in [2.45, 2.75) is 44.1 Å². The zero-order valence-electron chi connectivity index (χ0n) is 20.7. The molecule has 2 amide bonds. The van der Waals surface area contributed by atoms with Crippen molar-refractivity contribution in [2.75, 3.05) is 17.6 Å². The van der Waals surface area contributed by atoms with E-state index in [0.717, 1.165) is 37.6 Å². The molecular formula is C27H24F3N7O2. The van der Waals surface area contributed by atoms with Gasteiger partial charge in [-0.2, -0.15) is 0 Å². The number of alkyl halides is 2. The normalized spacial score (nSPS) is 19.1. The van der Waals surface area contributed by atoms with Gasteiger partial charge in [0.2, 0.25) is 5.91 Å². The number of benzene rings is 1. The van der Waals surface area contributed by atoms with Gasteiger partial charge in [-0.15, -0.1) is 0 Å². The largest absolute Gasteiger partial charge is 0.382 e. The molecule has 6 rings (SSSR count). The van der Waals surface area contributed by atoms with Crippen LogP contribution in [0, 0.1) is 5.82 Å². The molecule has 200 valence electrons. The van der Waals surface area contributed by atoms with Crippen molar-refractivity contribution in [1.82, 2.24) is 24.3 Å². The van der Waals surface area contributed by atoms with Gasteiger partial charge in [-0.05, 0) is 43.5 Å². The fourth-order valence-electron chi connectivity index (χ4n) is 5.53. The predicted molar refractivity (Wildman–Crippen MR) is 137 cm³/mol. The van der Waals surface area contributed by atoms with Crippen LogP contribution in [0.5, 0.6) is 0 Å². The monoisotopic (exact) mass is 535 g/mol. The van der Waals surface area contributed by atoms with E-state index >= 15 is 4.39 Å². The van der Waals surface area contributed by atoms with Crippen molar-refractivity contribution in [3.05, 3.63) is 71.7 Å². The summed E-state index contributed by atoms with van der Waals surface area (Å²) in [6.07, 6.45) is 4.89. The van der Waals surface area contributed by atoms with Gasteiger partial charge in [0.25, 0.3) is 12.3 Å². The molecule has 39 heavy (non-hydrogen) atoms. The second-order valence-electron chi connectivity index (χ2n) is 9.79. The molecule has 0 radical (unpaired) electrons. The van der Waals surface area contributed by atoms with Gasteiger partial charge in [0.1, 0.15) is 34.5 Å². The second-order valence-corrected chi connectivity index (χ2v) is 9.79. The molecule has 2 unspecified atom stereocenters. The van der Waals surface area contributed by atoms with Crippen LogP contribution in [0.2, 0.25) is 0 Å². The molecule has 2 saturated heterocycles. The highest BCUT2D eigenvalue weighted by Crippen LogP contribution is 2.38. The van der Waals surface area contributed by atoms with Crippen LogP contribution in [0.1, 0.15) is 59.8 Å². The quantitative estimate of drug-likeness (QED) is 0.387. The van der Waals surface area contributed by atoms with Crippen molar-refractivity contribution in [3.8, 4) is 11.3 Å². The zero-order valence-corrected chi connectivity index (χ0v) is 20.7. The Balaban J connectivity index is 1.32. The van der Waals surface area contributed by atoms with Gasteiger partial charge in [0.05, 0.1) is 5.56 Å². The highest BCUT2D eigenvalue weighted by atomic mass is 19.3. The third-order valence-corrected chi connectivity index (χ3v) is 7.46. The number of fused-ring (bicyclic) bond motifs is 2. The Morgan fingerprint density at radius 1 is 1.10 bits per heavy atom. The molecule has 0 bridgehead atoms. The lowest BCUT2D eigenvalue weighted by atomic mass is 9.92. The van der Waals surface area contributed by atoms with E-state index in [2.05, 4.69) is 15.3 Å². The van der Waals surface area contributed by atoms with Crippen LogP contribution in [0.4, 0.5) is 24.8 Å². The van der Waals surface area contributed by atoms with E-state index in [4.69, 9.17) is 10.7 Å². The first-order chi connectivity index (χ1) is 18.8. The molecule has 2 atom stereocenters. The van der Waals surface area contributed by atoms with Crippen LogP contribution in [0.25, 0.3) is 16.8 Å². The van der Waals surface area contributed by atoms with Gasteiger partial charge >= 0.3 is 0 Å². The number of aromatic nitrogens is 4. The summed E-state index contributed by atoms with van der Waals surface area (Å²) in [7, 11) is 0. The Bertz CT molecular complexity index is 1610. The minimum Gasteiger partial charge on any atom is -0.382 e. The van der Waals surface area contributed by atoms with E-state index in [1.807, 2.05) is 9.30 Å². The van der Waals surface area contributed by atoms with E-state index in [0.29, 0.717) is 35.6 Å². The molecule has 0 aliphatic carbocycles. The van der Waals surface area contributed by atoms with Gasteiger partial charge in [-0.1, -0.05) is 6.07 Å². The molecule has 0 spiro atoms. The maximum Gasteiger partial charge on any atom is 0.264 e. The number of halogens is 3. The number of hydrogen-bond acceptors (Lipinski definition) is 6. The molecule has 0 saturated carbocycles. The zero-order chi connectivity index (χ0) is 27.3. The molecular weight excluding hydrogens is 511 g/mol. The molecule has 9 nitrogen and oxygen atoms in total. The molecule has 4 aromatic rings. The molecule has 3 aromatic heterocycles. The molecule has 12 heteroatoms. The Morgan fingerprint density at radius 2 is 1.95 bits per heavy atom. The Kier molecular flexibility index (Phi) is 6.16. The number of pyridine rings is 1. The van der Waals surface area contributed by atoms with Crippen molar-refractivity contribution in [1.29, 1.82) is 0 Å².